The molecular formula is C16H22N4O. The van der Waals surface area contributed by atoms with Gasteiger partial charge in [-0.3, -0.25) is 0 Å². The van der Waals surface area contributed by atoms with E-state index in [-0.39, 0.29) is 12.1 Å². The van der Waals surface area contributed by atoms with Crippen LogP contribution in [0.15, 0.2) is 36.4 Å². The Kier molecular flexibility index (Phi) is 5.11. The van der Waals surface area contributed by atoms with Crippen molar-refractivity contribution in [1.82, 2.24) is 9.97 Å². The molecule has 0 fully saturated rings. The predicted octanol–water partition coefficient (Wildman–Crippen LogP) is 2.68. The lowest BCUT2D eigenvalue weighted by Crippen LogP contribution is -2.22. The molecule has 1 unspecified atom stereocenters. The summed E-state index contributed by atoms with van der Waals surface area (Å²) in [6, 6.07) is 11.8. The van der Waals surface area contributed by atoms with Crippen molar-refractivity contribution in [3.63, 3.8) is 0 Å². The molecular weight excluding hydrogens is 264 g/mol. The first-order valence-corrected chi connectivity index (χ1v) is 7.12. The third-order valence-corrected chi connectivity index (χ3v) is 2.93. The van der Waals surface area contributed by atoms with Gasteiger partial charge in [0.2, 0.25) is 11.8 Å². The molecule has 1 heterocycles. The van der Waals surface area contributed by atoms with Crippen LogP contribution in [0.3, 0.4) is 0 Å². The Bertz CT molecular complexity index is 572. The van der Waals surface area contributed by atoms with Gasteiger partial charge >= 0.3 is 0 Å². The minimum atomic E-state index is -0.0279. The summed E-state index contributed by atoms with van der Waals surface area (Å²) in [4.78, 5) is 8.78. The molecule has 0 aliphatic heterocycles. The molecule has 2 aromatic rings. The average molecular weight is 286 g/mol. The van der Waals surface area contributed by atoms with Crippen LogP contribution < -0.4 is 15.8 Å². The summed E-state index contributed by atoms with van der Waals surface area (Å²) in [7, 11) is 0. The monoisotopic (exact) mass is 286 g/mol. The van der Waals surface area contributed by atoms with Crippen LogP contribution in [0.5, 0.6) is 5.88 Å². The van der Waals surface area contributed by atoms with Crippen LogP contribution in [-0.2, 0) is 0 Å². The molecule has 1 aromatic heterocycles. The number of nitrogens with two attached hydrogens (primary N) is 1. The number of aromatic nitrogens is 2. The van der Waals surface area contributed by atoms with E-state index in [2.05, 4.69) is 15.3 Å². The number of hydrogen-bond acceptors (Lipinski definition) is 5. The molecule has 21 heavy (non-hydrogen) atoms. The molecule has 0 spiro atoms. The average Bonchev–Trinajstić information content (AvgIpc) is 2.44. The lowest BCUT2D eigenvalue weighted by Gasteiger charge is -2.18. The standard InChI is InChI=1S/C16H22N4O/c1-11(2)21-15-9-12(3)18-16(20-15)19-14(10-17)13-7-5-4-6-8-13/h4-9,11,14H,10,17H2,1-3H3,(H,18,19,20). The number of rotatable bonds is 6. The van der Waals surface area contributed by atoms with Crippen molar-refractivity contribution in [3.05, 3.63) is 47.7 Å². The lowest BCUT2D eigenvalue weighted by molar-refractivity contribution is 0.232. The first kappa shape index (κ1) is 15.3. The molecule has 1 aromatic carbocycles. The smallest absolute Gasteiger partial charge is 0.226 e. The highest BCUT2D eigenvalue weighted by molar-refractivity contribution is 5.35. The molecule has 2 rings (SSSR count). The second kappa shape index (κ2) is 7.04. The molecule has 5 nitrogen and oxygen atoms in total. The zero-order chi connectivity index (χ0) is 15.2. The number of anilines is 1. The Morgan fingerprint density at radius 2 is 1.90 bits per heavy atom. The van der Waals surface area contributed by atoms with Crippen molar-refractivity contribution in [2.75, 3.05) is 11.9 Å². The van der Waals surface area contributed by atoms with E-state index >= 15 is 0 Å². The van der Waals surface area contributed by atoms with Crippen molar-refractivity contribution in [2.45, 2.75) is 32.9 Å². The van der Waals surface area contributed by atoms with Crippen LogP contribution in [0, 0.1) is 6.92 Å². The fourth-order valence-corrected chi connectivity index (χ4v) is 2.03. The SMILES string of the molecule is Cc1cc(OC(C)C)nc(NC(CN)c2ccccc2)n1. The van der Waals surface area contributed by atoms with E-state index in [9.17, 15) is 0 Å². The van der Waals surface area contributed by atoms with Gasteiger partial charge in [0.1, 0.15) is 0 Å². The fraction of sp³-hybridized carbons (Fsp3) is 0.375. The van der Waals surface area contributed by atoms with E-state index in [0.717, 1.165) is 11.3 Å². The Labute approximate surface area is 125 Å². The Balaban J connectivity index is 2.19. The van der Waals surface area contributed by atoms with Gasteiger partial charge in [0.15, 0.2) is 0 Å². The minimum absolute atomic E-state index is 0.0279. The number of benzene rings is 1. The Morgan fingerprint density at radius 1 is 1.19 bits per heavy atom. The van der Waals surface area contributed by atoms with E-state index in [4.69, 9.17) is 10.5 Å². The Morgan fingerprint density at radius 3 is 2.52 bits per heavy atom. The maximum atomic E-state index is 5.86. The van der Waals surface area contributed by atoms with Gasteiger partial charge in [0.05, 0.1) is 12.1 Å². The molecule has 5 heteroatoms. The highest BCUT2D eigenvalue weighted by Gasteiger charge is 2.12. The molecule has 0 bridgehead atoms. The second-order valence-electron chi connectivity index (χ2n) is 5.18. The summed E-state index contributed by atoms with van der Waals surface area (Å²) in [5.74, 6) is 1.11. The van der Waals surface area contributed by atoms with Crippen molar-refractivity contribution in [1.29, 1.82) is 0 Å². The van der Waals surface area contributed by atoms with Crippen molar-refractivity contribution < 1.29 is 4.74 Å². The van der Waals surface area contributed by atoms with Gasteiger partial charge in [-0.15, -0.1) is 0 Å². The number of nitrogens with one attached hydrogen (secondary N) is 1. The highest BCUT2D eigenvalue weighted by Crippen LogP contribution is 2.19. The summed E-state index contributed by atoms with van der Waals surface area (Å²) in [6.45, 7) is 6.32. The van der Waals surface area contributed by atoms with Crippen LogP contribution in [0.1, 0.15) is 31.1 Å². The molecule has 0 saturated carbocycles. The number of hydrogen-bond donors (Lipinski definition) is 2. The molecule has 0 aliphatic carbocycles. The second-order valence-corrected chi connectivity index (χ2v) is 5.18. The van der Waals surface area contributed by atoms with Gasteiger partial charge in [-0.05, 0) is 26.3 Å². The van der Waals surface area contributed by atoms with Gasteiger partial charge in [-0.25, -0.2) is 4.98 Å². The third kappa shape index (κ3) is 4.43. The van der Waals surface area contributed by atoms with E-state index in [1.54, 1.807) is 0 Å². The number of nitrogens with zero attached hydrogens (tertiary/aromatic N) is 2. The summed E-state index contributed by atoms with van der Waals surface area (Å²) >= 11 is 0. The zero-order valence-corrected chi connectivity index (χ0v) is 12.7. The summed E-state index contributed by atoms with van der Waals surface area (Å²) in [5, 5.41) is 3.27. The molecule has 0 saturated heterocycles. The molecule has 3 N–H and O–H groups in total. The van der Waals surface area contributed by atoms with Gasteiger partial charge in [-0.1, -0.05) is 30.3 Å². The van der Waals surface area contributed by atoms with Gasteiger partial charge in [-0.2, -0.15) is 4.98 Å². The molecule has 1 atom stereocenters. The van der Waals surface area contributed by atoms with Crippen LogP contribution in [0.25, 0.3) is 0 Å². The number of ether oxygens (including phenoxy) is 1. The van der Waals surface area contributed by atoms with Crippen LogP contribution in [0.4, 0.5) is 5.95 Å². The zero-order valence-electron chi connectivity index (χ0n) is 12.7. The fourth-order valence-electron chi connectivity index (χ4n) is 2.03. The largest absolute Gasteiger partial charge is 0.475 e. The lowest BCUT2D eigenvalue weighted by atomic mass is 10.1. The maximum Gasteiger partial charge on any atom is 0.226 e. The summed E-state index contributed by atoms with van der Waals surface area (Å²) < 4.78 is 5.63. The van der Waals surface area contributed by atoms with E-state index in [0.29, 0.717) is 18.4 Å². The van der Waals surface area contributed by atoms with E-state index in [1.807, 2.05) is 57.2 Å². The third-order valence-electron chi connectivity index (χ3n) is 2.93. The van der Waals surface area contributed by atoms with Crippen LogP contribution in [0.2, 0.25) is 0 Å². The van der Waals surface area contributed by atoms with Gasteiger partial charge in [0.25, 0.3) is 0 Å². The van der Waals surface area contributed by atoms with Crippen LogP contribution in [-0.4, -0.2) is 22.6 Å². The van der Waals surface area contributed by atoms with E-state index < -0.39 is 0 Å². The maximum absolute atomic E-state index is 5.86. The van der Waals surface area contributed by atoms with E-state index in [1.165, 1.54) is 0 Å². The minimum Gasteiger partial charge on any atom is -0.475 e. The molecule has 0 amide bonds. The summed E-state index contributed by atoms with van der Waals surface area (Å²) in [6.07, 6.45) is 0.0755. The number of aryl methyl sites for hydroxylation is 1. The molecule has 112 valence electrons. The van der Waals surface area contributed by atoms with Crippen molar-refractivity contribution in [2.24, 2.45) is 5.73 Å². The Hall–Kier alpha value is -2.14. The van der Waals surface area contributed by atoms with Gasteiger partial charge < -0.3 is 15.8 Å². The first-order chi connectivity index (χ1) is 10.1. The molecule has 0 aliphatic rings. The normalized spacial score (nSPS) is 12.2. The quantitative estimate of drug-likeness (QED) is 0.854. The topological polar surface area (TPSA) is 73.1 Å². The van der Waals surface area contributed by atoms with Crippen LogP contribution >= 0.6 is 0 Å². The van der Waals surface area contributed by atoms with Gasteiger partial charge in [0, 0.05) is 18.3 Å². The highest BCUT2D eigenvalue weighted by atomic mass is 16.5. The predicted molar refractivity (Wildman–Crippen MR) is 84.4 cm³/mol. The van der Waals surface area contributed by atoms with Crippen molar-refractivity contribution in [3.8, 4) is 5.88 Å². The summed E-state index contributed by atoms with van der Waals surface area (Å²) in [5.41, 5.74) is 7.82. The van der Waals surface area contributed by atoms with Crippen molar-refractivity contribution >= 4 is 5.95 Å². The first-order valence-electron chi connectivity index (χ1n) is 7.12. The molecule has 0 radical (unpaired) electrons.